The van der Waals surface area contributed by atoms with Crippen LogP contribution in [0.2, 0.25) is 0 Å². The van der Waals surface area contributed by atoms with Gasteiger partial charge in [0.25, 0.3) is 5.91 Å². The fraction of sp³-hybridized carbons (Fsp3) is 0.263. The molecule has 0 fully saturated rings. The maximum atomic E-state index is 12.2. The Labute approximate surface area is 160 Å². The van der Waals surface area contributed by atoms with Gasteiger partial charge in [0.15, 0.2) is 18.1 Å². The molecule has 2 aromatic rings. The number of carbonyl (C=O) groups excluding carboxylic acids is 2. The summed E-state index contributed by atoms with van der Waals surface area (Å²) in [6, 6.07) is 9.04. The number of nitrogens with one attached hydrogen (secondary N) is 1. The zero-order chi connectivity index (χ0) is 18.4. The largest absolute Gasteiger partial charge is 0.490 e. The summed E-state index contributed by atoms with van der Waals surface area (Å²) in [5.74, 6) is 0.659. The molecule has 1 amide bonds. The molecule has 0 aliphatic heterocycles. The van der Waals surface area contributed by atoms with Crippen molar-refractivity contribution in [1.29, 1.82) is 0 Å². The lowest BCUT2D eigenvalue weighted by Crippen LogP contribution is -2.21. The van der Waals surface area contributed by atoms with Crippen molar-refractivity contribution in [1.82, 2.24) is 0 Å². The van der Waals surface area contributed by atoms with Crippen molar-refractivity contribution in [3.05, 3.63) is 50.6 Å². The first-order chi connectivity index (χ1) is 12.0. The summed E-state index contributed by atoms with van der Waals surface area (Å²) in [4.78, 5) is 23.2. The van der Waals surface area contributed by atoms with Gasteiger partial charge in [-0.3, -0.25) is 9.59 Å². The molecule has 25 heavy (non-hydrogen) atoms. The summed E-state index contributed by atoms with van der Waals surface area (Å²) in [6.07, 6.45) is 0.752. The summed E-state index contributed by atoms with van der Waals surface area (Å²) in [6.45, 7) is 6.08. The van der Waals surface area contributed by atoms with Crippen molar-refractivity contribution in [2.45, 2.75) is 20.8 Å². The third-order valence-corrected chi connectivity index (χ3v) is 4.50. The van der Waals surface area contributed by atoms with Gasteiger partial charge >= 0.3 is 0 Å². The van der Waals surface area contributed by atoms with E-state index in [1.165, 1.54) is 0 Å². The second kappa shape index (κ2) is 8.84. The van der Waals surface area contributed by atoms with Gasteiger partial charge in [0.2, 0.25) is 0 Å². The Kier molecular flexibility index (Phi) is 6.81. The first kappa shape index (κ1) is 19.2. The number of hydrogen-bond donors (Lipinski definition) is 1. The topological polar surface area (TPSA) is 64.6 Å². The number of aryl methyl sites for hydroxylation is 1. The van der Waals surface area contributed by atoms with Crippen LogP contribution in [0.4, 0.5) is 5.69 Å². The monoisotopic (exact) mass is 453 g/mol. The molecule has 0 atom stereocenters. The Balaban J connectivity index is 2.11. The van der Waals surface area contributed by atoms with Gasteiger partial charge in [-0.05, 0) is 72.7 Å². The molecule has 0 aromatic heterocycles. The molecule has 0 aliphatic rings. The van der Waals surface area contributed by atoms with Crippen LogP contribution >= 0.6 is 22.6 Å². The molecule has 2 aromatic carbocycles. The SMILES string of the molecule is CCOc1cc(C=O)cc(I)c1OCC(=O)Nc1cccc(C)c1C. The molecule has 0 spiro atoms. The molecular weight excluding hydrogens is 433 g/mol. The van der Waals surface area contributed by atoms with E-state index in [9.17, 15) is 9.59 Å². The molecule has 5 nitrogen and oxygen atoms in total. The molecule has 0 heterocycles. The number of anilines is 1. The van der Waals surface area contributed by atoms with Gasteiger partial charge in [-0.2, -0.15) is 0 Å². The Morgan fingerprint density at radius 1 is 1.24 bits per heavy atom. The minimum absolute atomic E-state index is 0.149. The molecule has 2 rings (SSSR count). The number of benzene rings is 2. The fourth-order valence-corrected chi connectivity index (χ4v) is 3.05. The van der Waals surface area contributed by atoms with Gasteiger partial charge in [0.05, 0.1) is 10.2 Å². The zero-order valence-electron chi connectivity index (χ0n) is 14.4. The van der Waals surface area contributed by atoms with Gasteiger partial charge in [0.1, 0.15) is 6.29 Å². The van der Waals surface area contributed by atoms with Crippen LogP contribution in [0.15, 0.2) is 30.3 Å². The van der Waals surface area contributed by atoms with Crippen LogP contribution in [-0.2, 0) is 4.79 Å². The van der Waals surface area contributed by atoms with Gasteiger partial charge in [-0.25, -0.2) is 0 Å². The Morgan fingerprint density at radius 3 is 2.68 bits per heavy atom. The molecule has 0 saturated heterocycles. The van der Waals surface area contributed by atoms with E-state index in [0.717, 1.165) is 23.1 Å². The Hall–Kier alpha value is -2.09. The predicted molar refractivity (Wildman–Crippen MR) is 106 cm³/mol. The number of ether oxygens (including phenoxy) is 2. The molecule has 0 radical (unpaired) electrons. The molecule has 6 heteroatoms. The van der Waals surface area contributed by atoms with Gasteiger partial charge in [0, 0.05) is 11.3 Å². The van der Waals surface area contributed by atoms with Crippen molar-refractivity contribution >= 4 is 40.5 Å². The van der Waals surface area contributed by atoms with Gasteiger partial charge < -0.3 is 14.8 Å². The molecule has 0 bridgehead atoms. The molecule has 0 saturated carbocycles. The van der Waals surface area contributed by atoms with E-state index >= 15 is 0 Å². The van der Waals surface area contributed by atoms with Crippen LogP contribution in [0, 0.1) is 17.4 Å². The minimum atomic E-state index is -0.258. The van der Waals surface area contributed by atoms with Crippen LogP contribution in [0.5, 0.6) is 11.5 Å². The lowest BCUT2D eigenvalue weighted by Gasteiger charge is -2.15. The number of amides is 1. The van der Waals surface area contributed by atoms with E-state index in [1.807, 2.05) is 39.0 Å². The minimum Gasteiger partial charge on any atom is -0.490 e. The highest BCUT2D eigenvalue weighted by molar-refractivity contribution is 14.1. The van der Waals surface area contributed by atoms with Crippen molar-refractivity contribution in [2.75, 3.05) is 18.5 Å². The van der Waals surface area contributed by atoms with Crippen molar-refractivity contribution < 1.29 is 19.1 Å². The van der Waals surface area contributed by atoms with Crippen LogP contribution in [-0.4, -0.2) is 25.4 Å². The third kappa shape index (κ3) is 4.94. The van der Waals surface area contributed by atoms with Crippen molar-refractivity contribution in [2.24, 2.45) is 0 Å². The van der Waals surface area contributed by atoms with E-state index < -0.39 is 0 Å². The van der Waals surface area contributed by atoms with Crippen LogP contribution in [0.3, 0.4) is 0 Å². The normalized spacial score (nSPS) is 10.2. The third-order valence-electron chi connectivity index (χ3n) is 3.69. The van der Waals surface area contributed by atoms with Crippen LogP contribution < -0.4 is 14.8 Å². The highest BCUT2D eigenvalue weighted by Crippen LogP contribution is 2.34. The summed E-state index contributed by atoms with van der Waals surface area (Å²) in [5, 5.41) is 2.85. The second-order valence-electron chi connectivity index (χ2n) is 5.47. The van der Waals surface area contributed by atoms with Crippen molar-refractivity contribution in [3.63, 3.8) is 0 Å². The van der Waals surface area contributed by atoms with E-state index in [-0.39, 0.29) is 12.5 Å². The molecule has 132 valence electrons. The molecule has 1 N–H and O–H groups in total. The average Bonchev–Trinajstić information content (AvgIpc) is 2.58. The fourth-order valence-electron chi connectivity index (χ4n) is 2.27. The highest BCUT2D eigenvalue weighted by Gasteiger charge is 2.14. The summed E-state index contributed by atoms with van der Waals surface area (Å²) >= 11 is 2.06. The first-order valence-corrected chi connectivity index (χ1v) is 8.94. The summed E-state index contributed by atoms with van der Waals surface area (Å²) < 4.78 is 11.9. The predicted octanol–water partition coefficient (Wildman–Crippen LogP) is 4.14. The number of halogens is 1. The van der Waals surface area contributed by atoms with Gasteiger partial charge in [-0.1, -0.05) is 12.1 Å². The first-order valence-electron chi connectivity index (χ1n) is 7.86. The number of carbonyl (C=O) groups is 2. The van der Waals surface area contributed by atoms with Gasteiger partial charge in [-0.15, -0.1) is 0 Å². The lowest BCUT2D eigenvalue weighted by molar-refractivity contribution is -0.118. The van der Waals surface area contributed by atoms with Crippen LogP contribution in [0.1, 0.15) is 28.4 Å². The standard InChI is InChI=1S/C19H20INO4/c1-4-24-17-9-14(10-22)8-15(20)19(17)25-11-18(23)21-16-7-5-6-12(2)13(16)3/h5-10H,4,11H2,1-3H3,(H,21,23). The summed E-state index contributed by atoms with van der Waals surface area (Å²) in [7, 11) is 0. The number of hydrogen-bond acceptors (Lipinski definition) is 4. The summed E-state index contributed by atoms with van der Waals surface area (Å²) in [5.41, 5.74) is 3.40. The molecule has 0 unspecified atom stereocenters. The molecule has 0 aliphatic carbocycles. The van der Waals surface area contributed by atoms with E-state index in [2.05, 4.69) is 27.9 Å². The van der Waals surface area contributed by atoms with E-state index in [1.54, 1.807) is 12.1 Å². The smallest absolute Gasteiger partial charge is 0.262 e. The maximum absolute atomic E-state index is 12.2. The lowest BCUT2D eigenvalue weighted by atomic mass is 10.1. The highest BCUT2D eigenvalue weighted by atomic mass is 127. The number of rotatable bonds is 7. The average molecular weight is 453 g/mol. The second-order valence-corrected chi connectivity index (χ2v) is 6.63. The van der Waals surface area contributed by atoms with Crippen molar-refractivity contribution in [3.8, 4) is 11.5 Å². The number of aldehydes is 1. The molecular formula is C19H20INO4. The maximum Gasteiger partial charge on any atom is 0.262 e. The van der Waals surface area contributed by atoms with Crippen LogP contribution in [0.25, 0.3) is 0 Å². The quantitative estimate of drug-likeness (QED) is 0.506. The van der Waals surface area contributed by atoms with E-state index in [4.69, 9.17) is 9.47 Å². The van der Waals surface area contributed by atoms with E-state index in [0.29, 0.717) is 27.2 Å². The Morgan fingerprint density at radius 2 is 2.00 bits per heavy atom. The zero-order valence-corrected chi connectivity index (χ0v) is 16.5. The Bertz CT molecular complexity index is 789.